The fourth-order valence-corrected chi connectivity index (χ4v) is 1.45. The first-order valence-corrected chi connectivity index (χ1v) is 6.25. The third-order valence-electron chi connectivity index (χ3n) is 2.78. The molecule has 2 amide bonds. The second-order valence-electron chi connectivity index (χ2n) is 4.38. The van der Waals surface area contributed by atoms with Gasteiger partial charge in [0.15, 0.2) is 0 Å². The molecule has 0 saturated heterocycles. The number of hydrogen-bond acceptors (Lipinski definition) is 3. The molecule has 0 fully saturated rings. The highest BCUT2D eigenvalue weighted by atomic mass is 16.2. The summed E-state index contributed by atoms with van der Waals surface area (Å²) < 4.78 is 0. The van der Waals surface area contributed by atoms with Gasteiger partial charge in [-0.25, -0.2) is 0 Å². The molecule has 3 N–H and O–H groups in total. The van der Waals surface area contributed by atoms with Crippen LogP contribution in [0.1, 0.15) is 34.1 Å². The number of rotatable bonds is 7. The molecule has 5 heteroatoms. The summed E-state index contributed by atoms with van der Waals surface area (Å²) >= 11 is 0. The van der Waals surface area contributed by atoms with Gasteiger partial charge in [0.2, 0.25) is 11.8 Å². The topological polar surface area (TPSA) is 75.4 Å². The molecule has 0 aromatic carbocycles. The SMILES string of the molecule is CCN(CC)C(=O)CCNC(=O)C(N)C(C)C. The van der Waals surface area contributed by atoms with E-state index in [1.807, 2.05) is 27.7 Å². The van der Waals surface area contributed by atoms with Gasteiger partial charge in [-0.2, -0.15) is 0 Å². The van der Waals surface area contributed by atoms with Gasteiger partial charge >= 0.3 is 0 Å². The van der Waals surface area contributed by atoms with E-state index in [1.54, 1.807) is 4.90 Å². The second kappa shape index (κ2) is 8.06. The van der Waals surface area contributed by atoms with Crippen LogP contribution in [0.15, 0.2) is 0 Å². The van der Waals surface area contributed by atoms with Crippen LogP contribution in [0.4, 0.5) is 0 Å². The second-order valence-corrected chi connectivity index (χ2v) is 4.38. The predicted octanol–water partition coefficient (Wildman–Crippen LogP) is 0.344. The van der Waals surface area contributed by atoms with Crippen LogP contribution in [-0.4, -0.2) is 42.4 Å². The van der Waals surface area contributed by atoms with Crippen molar-refractivity contribution in [1.29, 1.82) is 0 Å². The minimum Gasteiger partial charge on any atom is -0.354 e. The van der Waals surface area contributed by atoms with E-state index in [4.69, 9.17) is 5.73 Å². The van der Waals surface area contributed by atoms with Gasteiger partial charge in [-0.3, -0.25) is 9.59 Å². The molecule has 0 heterocycles. The molecule has 0 spiro atoms. The zero-order valence-corrected chi connectivity index (χ0v) is 11.3. The number of hydrogen-bond donors (Lipinski definition) is 2. The van der Waals surface area contributed by atoms with Gasteiger partial charge in [0.05, 0.1) is 6.04 Å². The van der Waals surface area contributed by atoms with Crippen molar-refractivity contribution in [1.82, 2.24) is 10.2 Å². The standard InChI is InChI=1S/C12H25N3O2/c1-5-15(6-2)10(16)7-8-14-12(17)11(13)9(3)4/h9,11H,5-8,13H2,1-4H3,(H,14,17). The van der Waals surface area contributed by atoms with E-state index in [1.165, 1.54) is 0 Å². The molecule has 1 unspecified atom stereocenters. The van der Waals surface area contributed by atoms with Crippen LogP contribution in [0.3, 0.4) is 0 Å². The van der Waals surface area contributed by atoms with Crippen molar-refractivity contribution in [2.75, 3.05) is 19.6 Å². The first-order chi connectivity index (χ1) is 7.93. The van der Waals surface area contributed by atoms with Crippen molar-refractivity contribution in [3.8, 4) is 0 Å². The minimum absolute atomic E-state index is 0.0634. The quantitative estimate of drug-likeness (QED) is 0.677. The molecule has 0 aliphatic heterocycles. The zero-order valence-electron chi connectivity index (χ0n) is 11.3. The van der Waals surface area contributed by atoms with Crippen molar-refractivity contribution in [3.05, 3.63) is 0 Å². The van der Waals surface area contributed by atoms with Crippen LogP contribution in [0.2, 0.25) is 0 Å². The van der Waals surface area contributed by atoms with E-state index in [2.05, 4.69) is 5.32 Å². The van der Waals surface area contributed by atoms with Crippen LogP contribution in [-0.2, 0) is 9.59 Å². The lowest BCUT2D eigenvalue weighted by Crippen LogP contribution is -2.45. The van der Waals surface area contributed by atoms with Gasteiger partial charge in [-0.1, -0.05) is 13.8 Å². The summed E-state index contributed by atoms with van der Waals surface area (Å²) in [6.07, 6.45) is 0.332. The number of nitrogens with one attached hydrogen (secondary N) is 1. The predicted molar refractivity (Wildman–Crippen MR) is 68.4 cm³/mol. The Balaban J connectivity index is 3.91. The summed E-state index contributed by atoms with van der Waals surface area (Å²) in [6.45, 7) is 9.43. The molecular formula is C12H25N3O2. The molecule has 0 aliphatic rings. The maximum atomic E-state index is 11.6. The highest BCUT2D eigenvalue weighted by molar-refractivity contribution is 5.82. The highest BCUT2D eigenvalue weighted by Gasteiger charge is 2.17. The number of carbonyl (C=O) groups is 2. The lowest BCUT2D eigenvalue weighted by atomic mass is 10.1. The van der Waals surface area contributed by atoms with E-state index in [9.17, 15) is 9.59 Å². The maximum Gasteiger partial charge on any atom is 0.237 e. The van der Waals surface area contributed by atoms with Crippen molar-refractivity contribution < 1.29 is 9.59 Å². The van der Waals surface area contributed by atoms with Crippen LogP contribution in [0.25, 0.3) is 0 Å². The van der Waals surface area contributed by atoms with E-state index >= 15 is 0 Å². The third-order valence-corrected chi connectivity index (χ3v) is 2.78. The van der Waals surface area contributed by atoms with Crippen LogP contribution in [0.5, 0.6) is 0 Å². The Morgan fingerprint density at radius 3 is 2.18 bits per heavy atom. The van der Waals surface area contributed by atoms with Gasteiger partial charge in [0.1, 0.15) is 0 Å². The summed E-state index contributed by atoms with van der Waals surface area (Å²) in [5, 5.41) is 2.69. The zero-order chi connectivity index (χ0) is 13.4. The minimum atomic E-state index is -0.501. The molecule has 0 rings (SSSR count). The van der Waals surface area contributed by atoms with Crippen LogP contribution >= 0.6 is 0 Å². The van der Waals surface area contributed by atoms with E-state index in [-0.39, 0.29) is 17.7 Å². The average molecular weight is 243 g/mol. The Bertz CT molecular complexity index is 236. The average Bonchev–Trinajstić information content (AvgIpc) is 2.29. The van der Waals surface area contributed by atoms with Crippen molar-refractivity contribution >= 4 is 11.8 Å². The maximum absolute atomic E-state index is 11.6. The summed E-state index contributed by atoms with van der Waals surface area (Å²) in [5.74, 6) is -0.0192. The first kappa shape index (κ1) is 15.9. The van der Waals surface area contributed by atoms with Gasteiger partial charge < -0.3 is 16.0 Å². The van der Waals surface area contributed by atoms with Gasteiger partial charge in [0, 0.05) is 26.1 Å². The number of carbonyl (C=O) groups excluding carboxylic acids is 2. The van der Waals surface area contributed by atoms with Gasteiger partial charge in [-0.15, -0.1) is 0 Å². The molecule has 0 aliphatic carbocycles. The molecule has 0 aromatic rings. The molecule has 1 atom stereocenters. The van der Waals surface area contributed by atoms with E-state index in [0.29, 0.717) is 26.1 Å². The van der Waals surface area contributed by atoms with E-state index < -0.39 is 6.04 Å². The molecule has 100 valence electrons. The fourth-order valence-electron chi connectivity index (χ4n) is 1.45. The fraction of sp³-hybridized carbons (Fsp3) is 0.833. The normalized spacial score (nSPS) is 12.4. The number of nitrogens with two attached hydrogens (primary N) is 1. The molecule has 17 heavy (non-hydrogen) atoms. The van der Waals surface area contributed by atoms with Gasteiger partial charge in [-0.05, 0) is 19.8 Å². The summed E-state index contributed by atoms with van der Waals surface area (Å²) in [4.78, 5) is 24.9. The molecule has 0 saturated carbocycles. The van der Waals surface area contributed by atoms with Crippen molar-refractivity contribution in [2.45, 2.75) is 40.2 Å². The van der Waals surface area contributed by atoms with Crippen molar-refractivity contribution in [2.24, 2.45) is 11.7 Å². The molecular weight excluding hydrogens is 218 g/mol. The summed E-state index contributed by atoms with van der Waals surface area (Å²) in [7, 11) is 0. The highest BCUT2D eigenvalue weighted by Crippen LogP contribution is 1.98. The Morgan fingerprint density at radius 2 is 1.76 bits per heavy atom. The Hall–Kier alpha value is -1.10. The van der Waals surface area contributed by atoms with Crippen LogP contribution in [0, 0.1) is 5.92 Å². The molecule has 0 bridgehead atoms. The summed E-state index contributed by atoms with van der Waals surface area (Å²) in [5.41, 5.74) is 5.68. The largest absolute Gasteiger partial charge is 0.354 e. The lowest BCUT2D eigenvalue weighted by Gasteiger charge is -2.19. The Kier molecular flexibility index (Phi) is 7.54. The number of nitrogens with zero attached hydrogens (tertiary/aromatic N) is 1. The number of amides is 2. The van der Waals surface area contributed by atoms with Gasteiger partial charge in [0.25, 0.3) is 0 Å². The lowest BCUT2D eigenvalue weighted by molar-refractivity contribution is -0.130. The first-order valence-electron chi connectivity index (χ1n) is 6.25. The third kappa shape index (κ3) is 5.68. The smallest absolute Gasteiger partial charge is 0.237 e. The van der Waals surface area contributed by atoms with Crippen LogP contribution < -0.4 is 11.1 Å². The summed E-state index contributed by atoms with van der Waals surface area (Å²) in [6, 6.07) is -0.501. The molecule has 0 aromatic heterocycles. The molecule has 0 radical (unpaired) electrons. The Labute approximate surface area is 104 Å². The molecule has 5 nitrogen and oxygen atoms in total. The Morgan fingerprint density at radius 1 is 1.24 bits per heavy atom. The van der Waals surface area contributed by atoms with Crippen molar-refractivity contribution in [3.63, 3.8) is 0 Å². The monoisotopic (exact) mass is 243 g/mol. The van der Waals surface area contributed by atoms with E-state index in [0.717, 1.165) is 0 Å².